The van der Waals surface area contributed by atoms with Gasteiger partial charge in [0.2, 0.25) is 0 Å². The van der Waals surface area contributed by atoms with E-state index in [9.17, 15) is 14.4 Å². The number of esters is 3. The number of unbranched alkanes of at least 4 members (excludes halogenated alkanes) is 38. The third-order valence-electron chi connectivity index (χ3n) is 12.5. The summed E-state index contributed by atoms with van der Waals surface area (Å²) in [6.07, 6.45) is 57.7. The summed E-state index contributed by atoms with van der Waals surface area (Å²) < 4.78 is 16.8. The molecule has 0 spiro atoms. The third-order valence-corrected chi connectivity index (χ3v) is 12.5. The van der Waals surface area contributed by atoms with E-state index in [1.54, 1.807) is 0 Å². The minimum atomic E-state index is -0.765. The lowest BCUT2D eigenvalue weighted by atomic mass is 10.0. The van der Waals surface area contributed by atoms with Crippen LogP contribution in [0.25, 0.3) is 0 Å². The Morgan fingerprint density at radius 3 is 0.806 bits per heavy atom. The van der Waals surface area contributed by atoms with Gasteiger partial charge in [0.15, 0.2) is 6.10 Å². The van der Waals surface area contributed by atoms with Crippen LogP contribution in [0.3, 0.4) is 0 Å². The summed E-state index contributed by atoms with van der Waals surface area (Å²) in [4.78, 5) is 38.0. The number of ether oxygens (including phenoxy) is 3. The quantitative estimate of drug-likeness (QED) is 0.0262. The van der Waals surface area contributed by atoms with E-state index >= 15 is 0 Å². The fourth-order valence-electron chi connectivity index (χ4n) is 8.32. The molecule has 0 fully saturated rings. The molecule has 0 radical (unpaired) electrons. The van der Waals surface area contributed by atoms with Crippen molar-refractivity contribution < 1.29 is 28.6 Å². The highest BCUT2D eigenvalue weighted by atomic mass is 16.6. The number of hydrogen-bond donors (Lipinski definition) is 0. The van der Waals surface area contributed by atoms with Crippen molar-refractivity contribution in [3.63, 3.8) is 0 Å². The largest absolute Gasteiger partial charge is 0.462 e. The lowest BCUT2D eigenvalue weighted by Gasteiger charge is -2.18. The van der Waals surface area contributed by atoms with E-state index in [0.717, 1.165) is 57.8 Å². The predicted octanol–water partition coefficient (Wildman–Crippen LogP) is 18.2. The molecule has 0 bridgehead atoms. The van der Waals surface area contributed by atoms with Gasteiger partial charge in [-0.25, -0.2) is 0 Å². The molecule has 6 nitrogen and oxygen atoms in total. The molecule has 6 heteroatoms. The molecule has 0 saturated heterocycles. The molecule has 366 valence electrons. The van der Waals surface area contributed by atoms with Gasteiger partial charge in [-0.15, -0.1) is 0 Å². The second kappa shape index (κ2) is 51.8. The molecule has 0 N–H and O–H groups in total. The first kappa shape index (κ1) is 60.2. The Morgan fingerprint density at radius 1 is 0.306 bits per heavy atom. The Labute approximate surface area is 386 Å². The average Bonchev–Trinajstić information content (AvgIpc) is 3.27. The molecule has 62 heavy (non-hydrogen) atoms. The number of carbonyl (C=O) groups is 3. The van der Waals surface area contributed by atoms with Crippen LogP contribution < -0.4 is 0 Å². The predicted molar refractivity (Wildman–Crippen MR) is 266 cm³/mol. The molecular weight excluding hydrogens is 769 g/mol. The molecule has 0 aliphatic carbocycles. The summed E-state index contributed by atoms with van der Waals surface area (Å²) in [6, 6.07) is 0. The highest BCUT2D eigenvalue weighted by Crippen LogP contribution is 2.17. The summed E-state index contributed by atoms with van der Waals surface area (Å²) >= 11 is 0. The summed E-state index contributed by atoms with van der Waals surface area (Å²) in [5.41, 5.74) is 0. The molecule has 0 aromatic heterocycles. The maximum atomic E-state index is 12.8. The number of carbonyl (C=O) groups excluding carboxylic acids is 3. The Morgan fingerprint density at radius 2 is 0.532 bits per heavy atom. The second-order valence-corrected chi connectivity index (χ2v) is 18.9. The minimum Gasteiger partial charge on any atom is -0.462 e. The smallest absolute Gasteiger partial charge is 0.306 e. The van der Waals surface area contributed by atoms with Gasteiger partial charge in [-0.2, -0.15) is 0 Å². The van der Waals surface area contributed by atoms with Crippen LogP contribution in [0.4, 0.5) is 0 Å². The van der Waals surface area contributed by atoms with Gasteiger partial charge in [0, 0.05) is 19.3 Å². The van der Waals surface area contributed by atoms with Gasteiger partial charge in [0.1, 0.15) is 13.2 Å². The summed E-state index contributed by atoms with van der Waals surface area (Å²) in [5, 5.41) is 0. The molecule has 0 aromatic carbocycles. The molecular formula is C56H106O6. The lowest BCUT2D eigenvalue weighted by Crippen LogP contribution is -2.30. The molecule has 0 saturated carbocycles. The van der Waals surface area contributed by atoms with Crippen LogP contribution in [-0.4, -0.2) is 37.2 Å². The van der Waals surface area contributed by atoms with Crippen molar-refractivity contribution in [1.82, 2.24) is 0 Å². The van der Waals surface area contributed by atoms with E-state index in [2.05, 4.69) is 32.9 Å². The van der Waals surface area contributed by atoms with Crippen molar-refractivity contribution in [3.05, 3.63) is 12.2 Å². The average molecular weight is 875 g/mol. The van der Waals surface area contributed by atoms with Crippen molar-refractivity contribution >= 4 is 17.9 Å². The van der Waals surface area contributed by atoms with Crippen LogP contribution in [0.2, 0.25) is 0 Å². The van der Waals surface area contributed by atoms with E-state index in [1.165, 1.54) is 212 Å². The summed E-state index contributed by atoms with van der Waals surface area (Å²) in [6.45, 7) is 6.67. The highest BCUT2D eigenvalue weighted by molar-refractivity contribution is 5.71. The van der Waals surface area contributed by atoms with E-state index in [4.69, 9.17) is 14.2 Å². The monoisotopic (exact) mass is 875 g/mol. The molecule has 0 rings (SSSR count). The van der Waals surface area contributed by atoms with Gasteiger partial charge in [-0.05, 0) is 44.9 Å². The van der Waals surface area contributed by atoms with Crippen LogP contribution in [0, 0.1) is 0 Å². The molecule has 0 aliphatic heterocycles. The highest BCUT2D eigenvalue weighted by Gasteiger charge is 2.19. The zero-order valence-electron chi connectivity index (χ0n) is 41.9. The summed E-state index contributed by atoms with van der Waals surface area (Å²) in [5.74, 6) is -0.850. The maximum Gasteiger partial charge on any atom is 0.306 e. The standard InChI is InChI=1S/C56H106O6/c1-4-7-10-13-16-19-22-24-26-28-30-31-34-37-40-43-46-49-55(58)61-52-53(51-60-54(57)48-45-42-39-36-33-21-18-15-12-9-6-3)62-56(59)50-47-44-41-38-35-32-29-27-25-23-20-17-14-11-8-5-2/h24,26,53H,4-23,25,27-52H2,1-3H3/b26-24-. The molecule has 0 aliphatic rings. The summed E-state index contributed by atoms with van der Waals surface area (Å²) in [7, 11) is 0. The molecule has 0 aromatic rings. The van der Waals surface area contributed by atoms with E-state index in [-0.39, 0.29) is 31.1 Å². The number of hydrogen-bond acceptors (Lipinski definition) is 6. The molecule has 0 heterocycles. The third kappa shape index (κ3) is 49.2. The van der Waals surface area contributed by atoms with E-state index in [1.807, 2.05) is 0 Å². The maximum absolute atomic E-state index is 12.8. The number of allylic oxidation sites excluding steroid dienone is 2. The zero-order chi connectivity index (χ0) is 45.1. The molecule has 0 amide bonds. The normalized spacial score (nSPS) is 12.0. The first-order valence-electron chi connectivity index (χ1n) is 27.7. The molecule has 1 atom stereocenters. The Bertz CT molecular complexity index is 962. The van der Waals surface area contributed by atoms with Crippen molar-refractivity contribution in [2.45, 2.75) is 316 Å². The Balaban J connectivity index is 4.29. The van der Waals surface area contributed by atoms with Gasteiger partial charge in [0.05, 0.1) is 0 Å². The van der Waals surface area contributed by atoms with Gasteiger partial charge in [-0.3, -0.25) is 14.4 Å². The SMILES string of the molecule is CCCCCCCC/C=C\CCCCCCCCCC(=O)OCC(COC(=O)CCCCCCCCCCCCC)OC(=O)CCCCCCCCCCCCCCCCCC. The van der Waals surface area contributed by atoms with Crippen LogP contribution in [0.1, 0.15) is 310 Å². The van der Waals surface area contributed by atoms with Crippen LogP contribution >= 0.6 is 0 Å². The minimum absolute atomic E-state index is 0.0657. The number of rotatable bonds is 51. The second-order valence-electron chi connectivity index (χ2n) is 18.9. The first-order chi connectivity index (χ1) is 30.5. The lowest BCUT2D eigenvalue weighted by molar-refractivity contribution is -0.167. The van der Waals surface area contributed by atoms with Crippen molar-refractivity contribution in [3.8, 4) is 0 Å². The Kier molecular flexibility index (Phi) is 50.2. The van der Waals surface area contributed by atoms with E-state index < -0.39 is 6.10 Å². The van der Waals surface area contributed by atoms with Crippen molar-refractivity contribution in [1.29, 1.82) is 0 Å². The fourth-order valence-corrected chi connectivity index (χ4v) is 8.32. The molecule has 1 unspecified atom stereocenters. The fraction of sp³-hybridized carbons (Fsp3) is 0.911. The van der Waals surface area contributed by atoms with E-state index in [0.29, 0.717) is 19.3 Å². The van der Waals surface area contributed by atoms with Crippen LogP contribution in [-0.2, 0) is 28.6 Å². The first-order valence-corrected chi connectivity index (χ1v) is 27.7. The Hall–Kier alpha value is -1.85. The van der Waals surface area contributed by atoms with Crippen LogP contribution in [0.15, 0.2) is 12.2 Å². The van der Waals surface area contributed by atoms with Crippen molar-refractivity contribution in [2.75, 3.05) is 13.2 Å². The van der Waals surface area contributed by atoms with Crippen molar-refractivity contribution in [2.24, 2.45) is 0 Å². The van der Waals surface area contributed by atoms with Gasteiger partial charge >= 0.3 is 17.9 Å². The van der Waals surface area contributed by atoms with Gasteiger partial charge < -0.3 is 14.2 Å². The van der Waals surface area contributed by atoms with Gasteiger partial charge in [0.25, 0.3) is 0 Å². The zero-order valence-corrected chi connectivity index (χ0v) is 41.9. The van der Waals surface area contributed by atoms with Gasteiger partial charge in [-0.1, -0.05) is 258 Å². The topological polar surface area (TPSA) is 78.9 Å². The van der Waals surface area contributed by atoms with Crippen LogP contribution in [0.5, 0.6) is 0 Å².